The molecule has 0 radical (unpaired) electrons. The fourth-order valence-corrected chi connectivity index (χ4v) is 4.69. The van der Waals surface area contributed by atoms with Crippen LogP contribution in [0.25, 0.3) is 5.69 Å². The lowest BCUT2D eigenvalue weighted by Crippen LogP contribution is -2.40. The summed E-state index contributed by atoms with van der Waals surface area (Å²) in [6, 6.07) is 17.2. The molecule has 2 amide bonds. The van der Waals surface area contributed by atoms with Crippen LogP contribution in [0.4, 0.5) is 5.82 Å². The fourth-order valence-electron chi connectivity index (χ4n) is 4.39. The molecule has 1 fully saturated rings. The number of nitrogens with zero attached hydrogens (tertiary/aromatic N) is 3. The largest absolute Gasteiger partial charge is 0.333 e. The smallest absolute Gasteiger partial charge is 0.245 e. The van der Waals surface area contributed by atoms with Crippen LogP contribution in [0.3, 0.4) is 0 Å². The van der Waals surface area contributed by atoms with E-state index in [1.165, 1.54) is 5.56 Å². The van der Waals surface area contributed by atoms with Crippen molar-refractivity contribution in [2.75, 3.05) is 18.4 Å². The summed E-state index contributed by atoms with van der Waals surface area (Å²) in [5, 5.41) is 8.58. The summed E-state index contributed by atoms with van der Waals surface area (Å²) < 4.78 is 1.66. The number of hydrogen-bond acceptors (Lipinski definition) is 3. The maximum atomic E-state index is 13.4. The average Bonchev–Trinajstić information content (AvgIpc) is 3.55. The number of carbonyl (C=O) groups excluding carboxylic acids is 2. The van der Waals surface area contributed by atoms with E-state index in [2.05, 4.69) is 45.1 Å². The van der Waals surface area contributed by atoms with Crippen LogP contribution in [0, 0.1) is 5.92 Å². The van der Waals surface area contributed by atoms with Crippen LogP contribution >= 0.6 is 23.2 Å². The number of nitrogens with one attached hydrogen (secondary N) is 1. The Morgan fingerprint density at radius 2 is 1.81 bits per heavy atom. The summed E-state index contributed by atoms with van der Waals surface area (Å²) in [6.45, 7) is 8.81. The van der Waals surface area contributed by atoms with Gasteiger partial charge in [0.25, 0.3) is 0 Å². The Kier molecular flexibility index (Phi) is 8.29. The van der Waals surface area contributed by atoms with E-state index in [1.807, 2.05) is 24.3 Å². The predicted molar refractivity (Wildman–Crippen MR) is 150 cm³/mol. The Hall–Kier alpha value is -2.83. The van der Waals surface area contributed by atoms with E-state index in [1.54, 1.807) is 27.8 Å². The summed E-state index contributed by atoms with van der Waals surface area (Å²) in [7, 11) is 0. The SMILES string of the molecule is CCCCN(CC(=O)Nc1cc(C(C)(C)C)nn1-c1ccc(Cl)c(Cl)c1)C(=O)C1CC1c1ccccc1. The number of carbonyl (C=O) groups is 2. The molecule has 1 aromatic heterocycles. The monoisotopic (exact) mass is 540 g/mol. The van der Waals surface area contributed by atoms with E-state index >= 15 is 0 Å². The van der Waals surface area contributed by atoms with E-state index in [0.29, 0.717) is 28.1 Å². The highest BCUT2D eigenvalue weighted by molar-refractivity contribution is 6.42. The van der Waals surface area contributed by atoms with E-state index < -0.39 is 0 Å². The molecule has 1 N–H and O–H groups in total. The number of anilines is 1. The third-order valence-corrected chi connectivity index (χ3v) is 7.40. The summed E-state index contributed by atoms with van der Waals surface area (Å²) in [6.07, 6.45) is 2.61. The highest BCUT2D eigenvalue weighted by atomic mass is 35.5. The van der Waals surface area contributed by atoms with Gasteiger partial charge in [-0.1, -0.05) is 87.6 Å². The lowest BCUT2D eigenvalue weighted by molar-refractivity contribution is -0.136. The number of aromatic nitrogens is 2. The number of rotatable bonds is 9. The van der Waals surface area contributed by atoms with Gasteiger partial charge >= 0.3 is 0 Å². The fraction of sp³-hybridized carbons (Fsp3) is 0.414. The van der Waals surface area contributed by atoms with Crippen molar-refractivity contribution in [3.05, 3.63) is 75.9 Å². The second-order valence-corrected chi connectivity index (χ2v) is 11.5. The van der Waals surface area contributed by atoms with Gasteiger partial charge in [-0.3, -0.25) is 9.59 Å². The van der Waals surface area contributed by atoms with Crippen LogP contribution in [0.15, 0.2) is 54.6 Å². The van der Waals surface area contributed by atoms with Crippen molar-refractivity contribution in [3.63, 3.8) is 0 Å². The quantitative estimate of drug-likeness (QED) is 0.322. The molecule has 196 valence electrons. The molecule has 0 spiro atoms. The molecule has 0 aliphatic heterocycles. The number of hydrogen-bond donors (Lipinski definition) is 1. The number of halogens is 2. The molecule has 2 atom stereocenters. The molecule has 4 rings (SSSR count). The van der Waals surface area contributed by atoms with Gasteiger partial charge in [0.1, 0.15) is 5.82 Å². The number of amides is 2. The van der Waals surface area contributed by atoms with Crippen molar-refractivity contribution in [2.24, 2.45) is 5.92 Å². The molecule has 2 unspecified atom stereocenters. The van der Waals surface area contributed by atoms with Gasteiger partial charge in [-0.05, 0) is 42.5 Å². The Balaban J connectivity index is 1.52. The molecule has 6 nitrogen and oxygen atoms in total. The van der Waals surface area contributed by atoms with Crippen LogP contribution in [-0.4, -0.2) is 39.6 Å². The van der Waals surface area contributed by atoms with E-state index in [0.717, 1.165) is 25.0 Å². The molecule has 0 bridgehead atoms. The summed E-state index contributed by atoms with van der Waals surface area (Å²) >= 11 is 12.4. The molecule has 2 aromatic carbocycles. The van der Waals surface area contributed by atoms with Crippen LogP contribution in [0.5, 0.6) is 0 Å². The third kappa shape index (κ3) is 6.55. The van der Waals surface area contributed by atoms with Crippen molar-refractivity contribution in [2.45, 2.75) is 58.3 Å². The van der Waals surface area contributed by atoms with Gasteiger partial charge in [0.05, 0.1) is 28.0 Å². The van der Waals surface area contributed by atoms with Crippen molar-refractivity contribution in [1.82, 2.24) is 14.7 Å². The standard InChI is InChI=1S/C29H34Cl2N4O2/c1-5-6-14-34(28(37)22-16-21(22)19-10-8-7-9-11-19)18-27(36)32-26-17-25(29(2,3)4)33-35(26)20-12-13-23(30)24(31)15-20/h7-13,15,17,21-22H,5-6,14,16,18H2,1-4H3,(H,32,36). The van der Waals surface area contributed by atoms with Crippen molar-refractivity contribution >= 4 is 40.8 Å². The molecule has 0 saturated heterocycles. The lowest BCUT2D eigenvalue weighted by Gasteiger charge is -2.22. The van der Waals surface area contributed by atoms with Gasteiger partial charge in [0.15, 0.2) is 0 Å². The van der Waals surface area contributed by atoms with Crippen molar-refractivity contribution in [1.29, 1.82) is 0 Å². The Bertz CT molecular complexity index is 1270. The second kappa shape index (κ2) is 11.3. The predicted octanol–water partition coefficient (Wildman–Crippen LogP) is 6.85. The molecule has 1 aliphatic rings. The summed E-state index contributed by atoms with van der Waals surface area (Å²) in [5.41, 5.74) is 2.45. The Morgan fingerprint density at radius 1 is 1.08 bits per heavy atom. The van der Waals surface area contributed by atoms with Crippen molar-refractivity contribution in [3.8, 4) is 5.69 Å². The highest BCUT2D eigenvalue weighted by Crippen LogP contribution is 2.48. The van der Waals surface area contributed by atoms with Crippen LogP contribution in [0.2, 0.25) is 10.0 Å². The van der Waals surface area contributed by atoms with Gasteiger partial charge < -0.3 is 10.2 Å². The molecular formula is C29H34Cl2N4O2. The number of unbranched alkanes of at least 4 members (excludes halogenated alkanes) is 1. The molecule has 3 aromatic rings. The molecule has 37 heavy (non-hydrogen) atoms. The van der Waals surface area contributed by atoms with E-state index in [4.69, 9.17) is 28.3 Å². The maximum Gasteiger partial charge on any atom is 0.245 e. The highest BCUT2D eigenvalue weighted by Gasteiger charge is 2.45. The van der Waals surface area contributed by atoms with Gasteiger partial charge in [-0.2, -0.15) is 5.10 Å². The molecular weight excluding hydrogens is 507 g/mol. The molecule has 1 saturated carbocycles. The minimum Gasteiger partial charge on any atom is -0.333 e. The summed E-state index contributed by atoms with van der Waals surface area (Å²) in [5.74, 6) is 0.464. The van der Waals surface area contributed by atoms with Gasteiger partial charge in [0, 0.05) is 23.9 Å². The first kappa shape index (κ1) is 27.2. The average molecular weight is 542 g/mol. The zero-order valence-corrected chi connectivity index (χ0v) is 23.3. The first-order chi connectivity index (χ1) is 17.6. The number of benzene rings is 2. The minimum atomic E-state index is -0.261. The Labute approximate surface area is 228 Å². The topological polar surface area (TPSA) is 67.2 Å². The second-order valence-electron chi connectivity index (χ2n) is 10.7. The molecule has 8 heteroatoms. The van der Waals surface area contributed by atoms with Crippen molar-refractivity contribution < 1.29 is 9.59 Å². The molecule has 1 heterocycles. The van der Waals surface area contributed by atoms with Gasteiger partial charge in [-0.25, -0.2) is 4.68 Å². The van der Waals surface area contributed by atoms with E-state index in [-0.39, 0.29) is 35.6 Å². The van der Waals surface area contributed by atoms with E-state index in [9.17, 15) is 9.59 Å². The zero-order chi connectivity index (χ0) is 26.7. The lowest BCUT2D eigenvalue weighted by atomic mass is 9.92. The normalized spacial score (nSPS) is 16.9. The van der Waals surface area contributed by atoms with Crippen LogP contribution < -0.4 is 5.32 Å². The van der Waals surface area contributed by atoms with Crippen LogP contribution in [-0.2, 0) is 15.0 Å². The first-order valence-corrected chi connectivity index (χ1v) is 13.5. The maximum absolute atomic E-state index is 13.4. The van der Waals surface area contributed by atoms with Gasteiger partial charge in [0.2, 0.25) is 11.8 Å². The zero-order valence-electron chi connectivity index (χ0n) is 21.8. The molecule has 1 aliphatic carbocycles. The third-order valence-electron chi connectivity index (χ3n) is 6.66. The van der Waals surface area contributed by atoms with Gasteiger partial charge in [-0.15, -0.1) is 0 Å². The Morgan fingerprint density at radius 3 is 2.46 bits per heavy atom. The summed E-state index contributed by atoms with van der Waals surface area (Å²) in [4.78, 5) is 28.3. The first-order valence-electron chi connectivity index (χ1n) is 12.8. The minimum absolute atomic E-state index is 0.00571. The van der Waals surface area contributed by atoms with Crippen LogP contribution in [0.1, 0.15) is 64.1 Å².